The van der Waals surface area contributed by atoms with Gasteiger partial charge in [0.1, 0.15) is 0 Å². The Morgan fingerprint density at radius 3 is 2.85 bits per heavy atom. The first-order valence-electron chi connectivity index (χ1n) is 7.65. The normalized spacial score (nSPS) is 29.6. The van der Waals surface area contributed by atoms with Gasteiger partial charge in [0, 0.05) is 23.8 Å². The zero-order chi connectivity index (χ0) is 13.9. The van der Waals surface area contributed by atoms with Crippen molar-refractivity contribution in [1.29, 1.82) is 0 Å². The Labute approximate surface area is 120 Å². The molecule has 1 heterocycles. The van der Waals surface area contributed by atoms with Gasteiger partial charge in [-0.05, 0) is 50.3 Å². The van der Waals surface area contributed by atoms with E-state index in [-0.39, 0.29) is 5.75 Å². The van der Waals surface area contributed by atoms with Crippen molar-refractivity contribution < 1.29 is 9.84 Å². The number of rotatable bonds is 4. The van der Waals surface area contributed by atoms with Crippen LogP contribution in [0.5, 0.6) is 11.5 Å². The summed E-state index contributed by atoms with van der Waals surface area (Å²) in [5.41, 5.74) is 0.984. The highest BCUT2D eigenvalue weighted by Crippen LogP contribution is 2.35. The summed E-state index contributed by atoms with van der Waals surface area (Å²) in [5.74, 6) is 1.43. The zero-order valence-corrected chi connectivity index (χ0v) is 12.1. The van der Waals surface area contributed by atoms with Crippen molar-refractivity contribution in [3.05, 3.63) is 18.2 Å². The van der Waals surface area contributed by atoms with Gasteiger partial charge in [0.25, 0.3) is 0 Å². The van der Waals surface area contributed by atoms with Crippen LogP contribution in [0.25, 0.3) is 0 Å². The predicted octanol–water partition coefficient (Wildman–Crippen LogP) is 2.73. The molecule has 0 radical (unpaired) electrons. The molecule has 1 aromatic carbocycles. The minimum atomic E-state index is 0.200. The molecule has 1 aliphatic carbocycles. The molecule has 4 heteroatoms. The van der Waals surface area contributed by atoms with Crippen molar-refractivity contribution >= 4 is 5.69 Å². The summed E-state index contributed by atoms with van der Waals surface area (Å²) in [7, 11) is 1.57. The second-order valence-corrected chi connectivity index (χ2v) is 5.94. The molecule has 3 atom stereocenters. The van der Waals surface area contributed by atoms with E-state index in [1.165, 1.54) is 32.1 Å². The molecule has 0 bridgehead atoms. The van der Waals surface area contributed by atoms with Crippen LogP contribution in [0.15, 0.2) is 18.2 Å². The average molecular weight is 276 g/mol. The average Bonchev–Trinajstić information content (AvgIpc) is 3.09. The second-order valence-electron chi connectivity index (χ2n) is 5.94. The number of nitrogens with one attached hydrogen (secondary N) is 2. The van der Waals surface area contributed by atoms with Crippen molar-refractivity contribution in [3.8, 4) is 11.5 Å². The largest absolute Gasteiger partial charge is 0.504 e. The van der Waals surface area contributed by atoms with Gasteiger partial charge in [0.15, 0.2) is 11.5 Å². The number of hydrogen-bond donors (Lipinski definition) is 3. The lowest BCUT2D eigenvalue weighted by Crippen LogP contribution is -2.38. The third-order valence-corrected chi connectivity index (χ3v) is 4.72. The van der Waals surface area contributed by atoms with Gasteiger partial charge in [0.2, 0.25) is 0 Å². The molecule has 2 fully saturated rings. The summed E-state index contributed by atoms with van der Waals surface area (Å²) < 4.78 is 5.08. The fourth-order valence-corrected chi connectivity index (χ4v) is 3.72. The first kappa shape index (κ1) is 13.6. The van der Waals surface area contributed by atoms with E-state index < -0.39 is 0 Å². The summed E-state index contributed by atoms with van der Waals surface area (Å²) >= 11 is 0. The number of methoxy groups -OCH3 is 1. The lowest BCUT2D eigenvalue weighted by molar-refractivity contribution is 0.371. The summed E-state index contributed by atoms with van der Waals surface area (Å²) in [5, 5.41) is 17.1. The topological polar surface area (TPSA) is 53.5 Å². The highest BCUT2D eigenvalue weighted by molar-refractivity contribution is 5.54. The monoisotopic (exact) mass is 276 g/mol. The third kappa shape index (κ3) is 2.70. The van der Waals surface area contributed by atoms with Crippen LogP contribution in [0, 0.1) is 5.92 Å². The molecule has 4 nitrogen and oxygen atoms in total. The number of phenolic OH excluding ortho intramolecular Hbond substituents is 1. The minimum absolute atomic E-state index is 0.200. The molecule has 3 rings (SSSR count). The zero-order valence-electron chi connectivity index (χ0n) is 12.1. The molecule has 0 aromatic heterocycles. The Kier molecular flexibility index (Phi) is 4.01. The first-order valence-corrected chi connectivity index (χ1v) is 7.65. The van der Waals surface area contributed by atoms with E-state index in [0.717, 1.165) is 12.2 Å². The fourth-order valence-electron chi connectivity index (χ4n) is 3.72. The number of ether oxygens (including phenoxy) is 1. The maximum Gasteiger partial charge on any atom is 0.160 e. The van der Waals surface area contributed by atoms with Gasteiger partial charge in [-0.15, -0.1) is 0 Å². The SMILES string of the molecule is COc1ccc(NC2CCCC2C2CCCN2)cc1O. The van der Waals surface area contributed by atoms with Crippen LogP contribution >= 0.6 is 0 Å². The lowest BCUT2D eigenvalue weighted by atomic mass is 9.93. The van der Waals surface area contributed by atoms with Gasteiger partial charge in [0.05, 0.1) is 7.11 Å². The van der Waals surface area contributed by atoms with Gasteiger partial charge < -0.3 is 20.5 Å². The van der Waals surface area contributed by atoms with E-state index in [1.807, 2.05) is 12.1 Å². The highest BCUT2D eigenvalue weighted by Gasteiger charge is 2.34. The Morgan fingerprint density at radius 2 is 2.15 bits per heavy atom. The molecule has 0 spiro atoms. The van der Waals surface area contributed by atoms with E-state index in [1.54, 1.807) is 13.2 Å². The maximum atomic E-state index is 9.87. The van der Waals surface area contributed by atoms with Crippen molar-refractivity contribution in [3.63, 3.8) is 0 Å². The van der Waals surface area contributed by atoms with Crippen LogP contribution in [0.1, 0.15) is 32.1 Å². The van der Waals surface area contributed by atoms with Crippen LogP contribution in [-0.4, -0.2) is 30.8 Å². The second kappa shape index (κ2) is 5.92. The molecular weight excluding hydrogens is 252 g/mol. The molecule has 1 saturated heterocycles. The fraction of sp³-hybridized carbons (Fsp3) is 0.625. The molecule has 3 N–H and O–H groups in total. The van der Waals surface area contributed by atoms with Crippen LogP contribution in [0.3, 0.4) is 0 Å². The summed E-state index contributed by atoms with van der Waals surface area (Å²) in [6.45, 7) is 1.16. The van der Waals surface area contributed by atoms with E-state index >= 15 is 0 Å². The molecule has 2 aliphatic rings. The van der Waals surface area contributed by atoms with Crippen molar-refractivity contribution in [2.75, 3.05) is 19.0 Å². The van der Waals surface area contributed by atoms with Crippen molar-refractivity contribution in [2.24, 2.45) is 5.92 Å². The van der Waals surface area contributed by atoms with Gasteiger partial charge >= 0.3 is 0 Å². The van der Waals surface area contributed by atoms with E-state index in [0.29, 0.717) is 23.8 Å². The number of phenols is 1. The quantitative estimate of drug-likeness (QED) is 0.791. The standard InChI is InChI=1S/C16H24N2O2/c1-20-16-8-7-11(10-15(16)19)18-14-5-2-4-12(14)13-6-3-9-17-13/h7-8,10,12-14,17-19H,2-6,9H2,1H3. The predicted molar refractivity (Wildman–Crippen MR) is 80.4 cm³/mol. The highest BCUT2D eigenvalue weighted by atomic mass is 16.5. The minimum Gasteiger partial charge on any atom is -0.504 e. The molecule has 1 aromatic rings. The van der Waals surface area contributed by atoms with Gasteiger partial charge in [-0.3, -0.25) is 0 Å². The Morgan fingerprint density at radius 1 is 1.25 bits per heavy atom. The Balaban J connectivity index is 1.68. The number of benzene rings is 1. The molecule has 1 aliphatic heterocycles. The van der Waals surface area contributed by atoms with Crippen molar-refractivity contribution in [1.82, 2.24) is 5.32 Å². The lowest BCUT2D eigenvalue weighted by Gasteiger charge is -2.27. The molecule has 0 amide bonds. The van der Waals surface area contributed by atoms with Crippen LogP contribution in [-0.2, 0) is 0 Å². The summed E-state index contributed by atoms with van der Waals surface area (Å²) in [6, 6.07) is 6.74. The third-order valence-electron chi connectivity index (χ3n) is 4.72. The Hall–Kier alpha value is -1.42. The van der Waals surface area contributed by atoms with Gasteiger partial charge in [-0.2, -0.15) is 0 Å². The molecule has 20 heavy (non-hydrogen) atoms. The van der Waals surface area contributed by atoms with Crippen LogP contribution < -0.4 is 15.4 Å². The van der Waals surface area contributed by atoms with E-state index in [9.17, 15) is 5.11 Å². The van der Waals surface area contributed by atoms with E-state index in [4.69, 9.17) is 4.74 Å². The maximum absolute atomic E-state index is 9.87. The smallest absolute Gasteiger partial charge is 0.160 e. The summed E-state index contributed by atoms with van der Waals surface area (Å²) in [4.78, 5) is 0. The van der Waals surface area contributed by atoms with Gasteiger partial charge in [-0.25, -0.2) is 0 Å². The molecule has 110 valence electrons. The number of aromatic hydroxyl groups is 1. The Bertz CT molecular complexity index is 458. The molecular formula is C16H24N2O2. The first-order chi connectivity index (χ1) is 9.78. The van der Waals surface area contributed by atoms with Crippen LogP contribution in [0.2, 0.25) is 0 Å². The number of anilines is 1. The molecule has 3 unspecified atom stereocenters. The van der Waals surface area contributed by atoms with Crippen molar-refractivity contribution in [2.45, 2.75) is 44.2 Å². The van der Waals surface area contributed by atoms with Gasteiger partial charge in [-0.1, -0.05) is 6.42 Å². The van der Waals surface area contributed by atoms with Crippen LogP contribution in [0.4, 0.5) is 5.69 Å². The molecule has 1 saturated carbocycles. The number of hydrogen-bond acceptors (Lipinski definition) is 4. The van der Waals surface area contributed by atoms with E-state index in [2.05, 4.69) is 10.6 Å². The summed E-state index contributed by atoms with van der Waals surface area (Å²) in [6.07, 6.45) is 6.42.